The van der Waals surface area contributed by atoms with Gasteiger partial charge in [-0.05, 0) is 34.3 Å². The standard InChI is InChI=1S/C8H10BrNO4S2/c1-5(7(11)14-2)10-16(12,13)8-6(9)3-4-15-8/h3-5,10H,1-2H3. The van der Waals surface area contributed by atoms with Crippen LogP contribution < -0.4 is 4.72 Å². The minimum absolute atomic E-state index is 0.142. The van der Waals surface area contributed by atoms with Crippen molar-refractivity contribution >= 4 is 43.3 Å². The van der Waals surface area contributed by atoms with Crippen molar-refractivity contribution in [3.8, 4) is 0 Å². The van der Waals surface area contributed by atoms with Crippen molar-refractivity contribution in [3.05, 3.63) is 15.9 Å². The number of nitrogens with one attached hydrogen (secondary N) is 1. The molecule has 1 N–H and O–H groups in total. The van der Waals surface area contributed by atoms with E-state index in [1.165, 1.54) is 14.0 Å². The highest BCUT2D eigenvalue weighted by atomic mass is 79.9. The molecule has 1 aromatic rings. The van der Waals surface area contributed by atoms with Crippen LogP contribution in [-0.2, 0) is 19.6 Å². The highest BCUT2D eigenvalue weighted by molar-refractivity contribution is 9.10. The number of carbonyl (C=O) groups is 1. The van der Waals surface area contributed by atoms with Gasteiger partial charge in [0.25, 0.3) is 10.0 Å². The van der Waals surface area contributed by atoms with Crippen LogP contribution in [0.1, 0.15) is 6.92 Å². The maximum Gasteiger partial charge on any atom is 0.323 e. The zero-order valence-electron chi connectivity index (χ0n) is 8.56. The maximum absolute atomic E-state index is 11.8. The van der Waals surface area contributed by atoms with E-state index in [0.717, 1.165) is 11.3 Å². The van der Waals surface area contributed by atoms with Crippen LogP contribution in [0.5, 0.6) is 0 Å². The van der Waals surface area contributed by atoms with Gasteiger partial charge in [-0.25, -0.2) is 8.42 Å². The fourth-order valence-corrected chi connectivity index (χ4v) is 4.53. The van der Waals surface area contributed by atoms with Crippen molar-refractivity contribution in [2.75, 3.05) is 7.11 Å². The van der Waals surface area contributed by atoms with E-state index in [4.69, 9.17) is 0 Å². The Morgan fingerprint density at radius 3 is 2.69 bits per heavy atom. The third kappa shape index (κ3) is 3.03. The summed E-state index contributed by atoms with van der Waals surface area (Å²) < 4.78 is 30.9. The summed E-state index contributed by atoms with van der Waals surface area (Å²) in [7, 11) is -2.48. The van der Waals surface area contributed by atoms with Gasteiger partial charge in [0, 0.05) is 4.47 Å². The first-order valence-electron chi connectivity index (χ1n) is 4.21. The third-order valence-electron chi connectivity index (χ3n) is 1.72. The molecule has 0 aliphatic rings. The van der Waals surface area contributed by atoms with Crippen molar-refractivity contribution in [2.45, 2.75) is 17.2 Å². The predicted octanol–water partition coefficient (Wildman–Crippen LogP) is 1.35. The summed E-state index contributed by atoms with van der Waals surface area (Å²) >= 11 is 4.19. The SMILES string of the molecule is COC(=O)C(C)NS(=O)(=O)c1sccc1Br. The molecule has 0 spiro atoms. The van der Waals surface area contributed by atoms with Crippen LogP contribution in [0.2, 0.25) is 0 Å². The van der Waals surface area contributed by atoms with Gasteiger partial charge in [0.1, 0.15) is 10.3 Å². The van der Waals surface area contributed by atoms with Crippen LogP contribution in [0.15, 0.2) is 20.1 Å². The molecular formula is C8H10BrNO4S2. The Labute approximate surface area is 106 Å². The van der Waals surface area contributed by atoms with Gasteiger partial charge in [0.05, 0.1) is 7.11 Å². The summed E-state index contributed by atoms with van der Waals surface area (Å²) in [6.07, 6.45) is 0. The molecule has 0 saturated carbocycles. The highest BCUT2D eigenvalue weighted by Gasteiger charge is 2.25. The topological polar surface area (TPSA) is 72.5 Å². The minimum atomic E-state index is -3.68. The molecule has 0 amide bonds. The number of carbonyl (C=O) groups excluding carboxylic acids is 1. The molecule has 5 nitrogen and oxygen atoms in total. The average molecular weight is 328 g/mol. The summed E-state index contributed by atoms with van der Waals surface area (Å²) in [4.78, 5) is 11.1. The molecule has 0 aliphatic carbocycles. The zero-order chi connectivity index (χ0) is 12.3. The molecule has 16 heavy (non-hydrogen) atoms. The lowest BCUT2D eigenvalue weighted by Crippen LogP contribution is -2.38. The number of thiophene rings is 1. The lowest BCUT2D eigenvalue weighted by atomic mass is 10.4. The van der Waals surface area contributed by atoms with Crippen molar-refractivity contribution in [3.63, 3.8) is 0 Å². The first-order chi connectivity index (χ1) is 7.38. The van der Waals surface area contributed by atoms with Crippen LogP contribution >= 0.6 is 27.3 Å². The normalized spacial score (nSPS) is 13.4. The van der Waals surface area contributed by atoms with E-state index in [1.807, 2.05) is 0 Å². The maximum atomic E-state index is 11.8. The average Bonchev–Trinajstić information content (AvgIpc) is 2.63. The second-order valence-electron chi connectivity index (χ2n) is 2.92. The monoisotopic (exact) mass is 327 g/mol. The fraction of sp³-hybridized carbons (Fsp3) is 0.375. The molecule has 1 rings (SSSR count). The quantitative estimate of drug-likeness (QED) is 0.847. The van der Waals surface area contributed by atoms with Crippen molar-refractivity contribution in [2.24, 2.45) is 0 Å². The Morgan fingerprint density at radius 1 is 1.62 bits per heavy atom. The van der Waals surface area contributed by atoms with Gasteiger partial charge in [-0.1, -0.05) is 0 Å². The molecular weight excluding hydrogens is 318 g/mol. The van der Waals surface area contributed by atoms with E-state index in [1.54, 1.807) is 11.4 Å². The van der Waals surface area contributed by atoms with Crippen molar-refractivity contribution in [1.82, 2.24) is 4.72 Å². The third-order valence-corrected chi connectivity index (χ3v) is 5.93. The molecule has 0 aromatic carbocycles. The lowest BCUT2D eigenvalue weighted by Gasteiger charge is -2.11. The molecule has 90 valence electrons. The van der Waals surface area contributed by atoms with Crippen LogP contribution in [0, 0.1) is 0 Å². The second-order valence-corrected chi connectivity index (χ2v) is 6.60. The van der Waals surface area contributed by atoms with Crippen LogP contribution in [0.3, 0.4) is 0 Å². The van der Waals surface area contributed by atoms with Gasteiger partial charge >= 0.3 is 5.97 Å². The molecule has 0 saturated heterocycles. The lowest BCUT2D eigenvalue weighted by molar-refractivity contribution is -0.142. The van der Waals surface area contributed by atoms with E-state index in [9.17, 15) is 13.2 Å². The van der Waals surface area contributed by atoms with E-state index in [0.29, 0.717) is 4.47 Å². The number of halogens is 1. The van der Waals surface area contributed by atoms with E-state index >= 15 is 0 Å². The Kier molecular flexibility index (Phi) is 4.48. The Balaban J connectivity index is 2.89. The molecule has 1 heterocycles. The summed E-state index contributed by atoms with van der Waals surface area (Å²) in [5.41, 5.74) is 0. The summed E-state index contributed by atoms with van der Waals surface area (Å²) in [6.45, 7) is 1.42. The Morgan fingerprint density at radius 2 is 2.25 bits per heavy atom. The van der Waals surface area contributed by atoms with E-state index < -0.39 is 22.0 Å². The van der Waals surface area contributed by atoms with Crippen LogP contribution in [0.25, 0.3) is 0 Å². The first kappa shape index (κ1) is 13.6. The van der Waals surface area contributed by atoms with Gasteiger partial charge in [0.2, 0.25) is 0 Å². The van der Waals surface area contributed by atoms with Crippen LogP contribution in [0.4, 0.5) is 0 Å². The molecule has 0 bridgehead atoms. The van der Waals surface area contributed by atoms with Gasteiger partial charge in [-0.3, -0.25) is 4.79 Å². The van der Waals surface area contributed by atoms with Gasteiger partial charge in [0.15, 0.2) is 0 Å². The number of rotatable bonds is 4. The van der Waals surface area contributed by atoms with Gasteiger partial charge < -0.3 is 4.74 Å². The number of hydrogen-bond donors (Lipinski definition) is 1. The Hall–Kier alpha value is -0.440. The predicted molar refractivity (Wildman–Crippen MR) is 63.8 cm³/mol. The molecule has 1 aromatic heterocycles. The first-order valence-corrected chi connectivity index (χ1v) is 7.37. The van der Waals surface area contributed by atoms with Gasteiger partial charge in [-0.2, -0.15) is 4.72 Å². The summed E-state index contributed by atoms with van der Waals surface area (Å²) in [5.74, 6) is -0.628. The number of sulfonamides is 1. The molecule has 1 atom stereocenters. The van der Waals surface area contributed by atoms with Gasteiger partial charge in [-0.15, -0.1) is 11.3 Å². The number of ether oxygens (including phenoxy) is 1. The molecule has 8 heteroatoms. The molecule has 0 radical (unpaired) electrons. The second kappa shape index (κ2) is 5.26. The Bertz CT molecular complexity index is 482. The number of hydrogen-bond acceptors (Lipinski definition) is 5. The van der Waals surface area contributed by atoms with E-state index in [-0.39, 0.29) is 4.21 Å². The molecule has 0 aliphatic heterocycles. The molecule has 0 fully saturated rings. The van der Waals surface area contributed by atoms with Crippen LogP contribution in [-0.4, -0.2) is 27.5 Å². The molecule has 1 unspecified atom stereocenters. The number of methoxy groups -OCH3 is 1. The highest BCUT2D eigenvalue weighted by Crippen LogP contribution is 2.27. The summed E-state index contributed by atoms with van der Waals surface area (Å²) in [5, 5.41) is 1.64. The largest absolute Gasteiger partial charge is 0.468 e. The fourth-order valence-electron chi connectivity index (χ4n) is 0.983. The van der Waals surface area contributed by atoms with E-state index in [2.05, 4.69) is 25.4 Å². The van der Waals surface area contributed by atoms with Crippen molar-refractivity contribution < 1.29 is 17.9 Å². The summed E-state index contributed by atoms with van der Waals surface area (Å²) in [6, 6.07) is 0.714. The minimum Gasteiger partial charge on any atom is -0.468 e. The van der Waals surface area contributed by atoms with Crippen molar-refractivity contribution in [1.29, 1.82) is 0 Å². The smallest absolute Gasteiger partial charge is 0.323 e. The number of esters is 1. The zero-order valence-corrected chi connectivity index (χ0v) is 11.8.